The number of carbonyl (C=O) groups is 1. The number of hydrogen-bond acceptors (Lipinski definition) is 5. The van der Waals surface area contributed by atoms with Crippen molar-refractivity contribution in [2.75, 3.05) is 0 Å². The quantitative estimate of drug-likeness (QED) is 0.202. The number of oxime groups is 1. The van der Waals surface area contributed by atoms with Gasteiger partial charge in [-0.15, -0.1) is 22.7 Å². The molecule has 134 valence electrons. The Hall–Kier alpha value is -3.02. The molecule has 0 aliphatic heterocycles. The van der Waals surface area contributed by atoms with Crippen molar-refractivity contribution >= 4 is 34.2 Å². The zero-order valence-electron chi connectivity index (χ0n) is 14.4. The van der Waals surface area contributed by atoms with Crippen LogP contribution in [0.1, 0.15) is 25.7 Å². The molecule has 2 aromatic carbocycles. The summed E-state index contributed by atoms with van der Waals surface area (Å²) in [4.78, 5) is 13.5. The second-order valence-corrected chi connectivity index (χ2v) is 7.36. The van der Waals surface area contributed by atoms with Crippen molar-refractivity contribution in [3.63, 3.8) is 0 Å². The number of carbonyl (C=O) groups excluding carboxylic acids is 1. The Balaban J connectivity index is 0.000000156. The SMILES string of the molecule is O/N=C(\c1ccccc1)c1cccs1.O=C(c1ccccc1)c1cccs1. The molecule has 2 heterocycles. The summed E-state index contributed by atoms with van der Waals surface area (Å²) < 4.78 is 0. The van der Waals surface area contributed by atoms with E-state index >= 15 is 0 Å². The fourth-order valence-corrected chi connectivity index (χ4v) is 3.82. The summed E-state index contributed by atoms with van der Waals surface area (Å²) in [6.45, 7) is 0. The number of ketones is 1. The molecule has 0 radical (unpaired) electrons. The highest BCUT2D eigenvalue weighted by Crippen LogP contribution is 2.16. The van der Waals surface area contributed by atoms with Gasteiger partial charge in [0, 0.05) is 11.1 Å². The van der Waals surface area contributed by atoms with E-state index in [1.54, 1.807) is 11.3 Å². The van der Waals surface area contributed by atoms with Crippen LogP contribution in [0.15, 0.2) is 101 Å². The van der Waals surface area contributed by atoms with Gasteiger partial charge in [0.25, 0.3) is 0 Å². The van der Waals surface area contributed by atoms with Gasteiger partial charge in [0.1, 0.15) is 5.71 Å². The molecule has 27 heavy (non-hydrogen) atoms. The summed E-state index contributed by atoms with van der Waals surface area (Å²) in [6, 6.07) is 26.6. The van der Waals surface area contributed by atoms with Crippen molar-refractivity contribution in [3.05, 3.63) is 117 Å². The highest BCUT2D eigenvalue weighted by molar-refractivity contribution is 7.12. The van der Waals surface area contributed by atoms with Gasteiger partial charge < -0.3 is 5.21 Å². The van der Waals surface area contributed by atoms with Gasteiger partial charge in [-0.05, 0) is 22.9 Å². The third-order valence-electron chi connectivity index (χ3n) is 3.68. The Morgan fingerprint density at radius 1 is 0.667 bits per heavy atom. The summed E-state index contributed by atoms with van der Waals surface area (Å²) in [7, 11) is 0. The van der Waals surface area contributed by atoms with Crippen molar-refractivity contribution in [2.45, 2.75) is 0 Å². The molecule has 4 rings (SSSR count). The molecule has 1 N–H and O–H groups in total. The molecule has 5 heteroatoms. The van der Waals surface area contributed by atoms with E-state index < -0.39 is 0 Å². The highest BCUT2D eigenvalue weighted by atomic mass is 32.1. The largest absolute Gasteiger partial charge is 0.410 e. The minimum Gasteiger partial charge on any atom is -0.410 e. The van der Waals surface area contributed by atoms with Gasteiger partial charge in [-0.2, -0.15) is 0 Å². The van der Waals surface area contributed by atoms with Crippen LogP contribution >= 0.6 is 22.7 Å². The average molecular weight is 392 g/mol. The third kappa shape index (κ3) is 5.00. The zero-order valence-corrected chi connectivity index (χ0v) is 16.0. The Morgan fingerprint density at radius 2 is 1.19 bits per heavy atom. The van der Waals surface area contributed by atoms with Crippen molar-refractivity contribution < 1.29 is 10.0 Å². The lowest BCUT2D eigenvalue weighted by Crippen LogP contribution is -1.99. The predicted octanol–water partition coefficient (Wildman–Crippen LogP) is 5.95. The number of benzene rings is 2. The van der Waals surface area contributed by atoms with Crippen molar-refractivity contribution in [1.29, 1.82) is 0 Å². The van der Waals surface area contributed by atoms with E-state index in [4.69, 9.17) is 5.21 Å². The molecule has 0 amide bonds. The van der Waals surface area contributed by atoms with Crippen LogP contribution in [0, 0.1) is 0 Å². The Bertz CT molecular complexity index is 978. The summed E-state index contributed by atoms with van der Waals surface area (Å²) in [5, 5.41) is 16.1. The smallest absolute Gasteiger partial charge is 0.202 e. The van der Waals surface area contributed by atoms with Crippen LogP contribution in [-0.4, -0.2) is 16.7 Å². The lowest BCUT2D eigenvalue weighted by Gasteiger charge is -2.00. The van der Waals surface area contributed by atoms with Gasteiger partial charge in [-0.1, -0.05) is 78.0 Å². The van der Waals surface area contributed by atoms with E-state index in [9.17, 15) is 4.79 Å². The standard InChI is InChI=1S/C11H9NOS.C11H8OS/c13-12-11(10-7-4-8-14-10)9-5-2-1-3-6-9;12-11(10-7-4-8-13-10)9-5-2-1-3-6-9/h1-8,13H;1-8H/b12-11+;. The number of rotatable bonds is 4. The molecule has 0 saturated heterocycles. The molecule has 0 aliphatic carbocycles. The van der Waals surface area contributed by atoms with Crippen LogP contribution < -0.4 is 0 Å². The molecule has 0 spiro atoms. The van der Waals surface area contributed by atoms with Crippen molar-refractivity contribution in [2.24, 2.45) is 5.16 Å². The van der Waals surface area contributed by atoms with E-state index in [1.165, 1.54) is 11.3 Å². The Morgan fingerprint density at radius 3 is 1.67 bits per heavy atom. The number of nitrogens with zero attached hydrogens (tertiary/aromatic N) is 1. The van der Waals surface area contributed by atoms with Crippen LogP contribution in [0.3, 0.4) is 0 Å². The molecule has 4 aromatic rings. The minimum atomic E-state index is 0.107. The zero-order chi connectivity index (χ0) is 18.9. The molecular weight excluding hydrogens is 374 g/mol. The first-order valence-electron chi connectivity index (χ1n) is 8.24. The fourth-order valence-electron chi connectivity index (χ4n) is 2.40. The fraction of sp³-hybridized carbons (Fsp3) is 0. The van der Waals surface area contributed by atoms with E-state index in [-0.39, 0.29) is 5.78 Å². The summed E-state index contributed by atoms with van der Waals surface area (Å²) >= 11 is 3.04. The van der Waals surface area contributed by atoms with Crippen molar-refractivity contribution in [3.8, 4) is 0 Å². The van der Waals surface area contributed by atoms with Gasteiger partial charge in [0.2, 0.25) is 5.78 Å². The highest BCUT2D eigenvalue weighted by Gasteiger charge is 2.08. The second-order valence-electron chi connectivity index (χ2n) is 5.46. The Labute approximate surface area is 165 Å². The van der Waals surface area contributed by atoms with Crippen LogP contribution in [-0.2, 0) is 0 Å². The number of thiophene rings is 2. The van der Waals surface area contributed by atoms with Crippen LogP contribution in [0.25, 0.3) is 0 Å². The number of hydrogen-bond donors (Lipinski definition) is 1. The van der Waals surface area contributed by atoms with Crippen LogP contribution in [0.2, 0.25) is 0 Å². The molecule has 0 saturated carbocycles. The van der Waals surface area contributed by atoms with Gasteiger partial charge >= 0.3 is 0 Å². The molecule has 3 nitrogen and oxygen atoms in total. The molecule has 0 fully saturated rings. The summed E-state index contributed by atoms with van der Waals surface area (Å²) in [5.74, 6) is 0.107. The van der Waals surface area contributed by atoms with E-state index in [0.717, 1.165) is 20.9 Å². The minimum absolute atomic E-state index is 0.107. The lowest BCUT2D eigenvalue weighted by molar-refractivity contribution is 0.104. The van der Waals surface area contributed by atoms with E-state index in [2.05, 4.69) is 5.16 Å². The molecule has 2 aromatic heterocycles. The maximum Gasteiger partial charge on any atom is 0.202 e. The second kappa shape index (κ2) is 9.62. The molecule has 0 aliphatic rings. The Kier molecular flexibility index (Phi) is 6.68. The van der Waals surface area contributed by atoms with Gasteiger partial charge in [-0.25, -0.2) is 0 Å². The van der Waals surface area contributed by atoms with Gasteiger partial charge in [-0.3, -0.25) is 4.79 Å². The lowest BCUT2D eigenvalue weighted by atomic mass is 10.1. The first-order chi connectivity index (χ1) is 13.3. The van der Waals surface area contributed by atoms with Crippen molar-refractivity contribution in [1.82, 2.24) is 0 Å². The van der Waals surface area contributed by atoms with E-state index in [1.807, 2.05) is 95.7 Å². The predicted molar refractivity (Wildman–Crippen MR) is 112 cm³/mol. The molecule has 0 unspecified atom stereocenters. The summed E-state index contributed by atoms with van der Waals surface area (Å²) in [6.07, 6.45) is 0. The molecule has 0 atom stereocenters. The summed E-state index contributed by atoms with van der Waals surface area (Å²) in [5.41, 5.74) is 2.31. The molecular formula is C22H17NO2S2. The third-order valence-corrected chi connectivity index (χ3v) is 5.43. The normalized spacial score (nSPS) is 10.7. The maximum absolute atomic E-state index is 11.7. The van der Waals surface area contributed by atoms with Gasteiger partial charge in [0.05, 0.1) is 9.75 Å². The average Bonchev–Trinajstić information content (AvgIpc) is 3.45. The van der Waals surface area contributed by atoms with Crippen LogP contribution in [0.4, 0.5) is 0 Å². The molecule has 0 bridgehead atoms. The van der Waals surface area contributed by atoms with Gasteiger partial charge in [0.15, 0.2) is 0 Å². The first-order valence-corrected chi connectivity index (χ1v) is 10.00. The monoisotopic (exact) mass is 391 g/mol. The van der Waals surface area contributed by atoms with E-state index in [0.29, 0.717) is 5.71 Å². The first kappa shape index (κ1) is 18.8. The van der Waals surface area contributed by atoms with Crippen LogP contribution in [0.5, 0.6) is 0 Å². The topological polar surface area (TPSA) is 49.7 Å². The maximum atomic E-state index is 11.7.